The Morgan fingerprint density at radius 3 is 2.54 bits per heavy atom. The van der Waals surface area contributed by atoms with E-state index in [1.54, 1.807) is 10.9 Å². The highest BCUT2D eigenvalue weighted by Gasteiger charge is 1.94. The summed E-state index contributed by atoms with van der Waals surface area (Å²) in [7, 11) is 0. The molecule has 0 radical (unpaired) electrons. The van der Waals surface area contributed by atoms with Gasteiger partial charge in [-0.3, -0.25) is 0 Å². The van der Waals surface area contributed by atoms with Crippen LogP contribution in [0.25, 0.3) is 11.8 Å². The first-order valence-corrected chi connectivity index (χ1v) is 3.99. The van der Waals surface area contributed by atoms with Gasteiger partial charge in [0, 0.05) is 0 Å². The van der Waals surface area contributed by atoms with Crippen LogP contribution in [0.5, 0.6) is 0 Å². The standard InChI is InChI=1S/C10H9N3/c1-2-9-3-5-10(6-4-9)13-8-7-11-12-13/h2-8H,1H2. The van der Waals surface area contributed by atoms with Crippen LogP contribution in [0.3, 0.4) is 0 Å². The number of aromatic nitrogens is 3. The van der Waals surface area contributed by atoms with Crippen molar-refractivity contribution in [3.63, 3.8) is 0 Å². The maximum atomic E-state index is 3.88. The van der Waals surface area contributed by atoms with Gasteiger partial charge in [-0.05, 0) is 17.7 Å². The van der Waals surface area contributed by atoms with E-state index in [0.717, 1.165) is 11.3 Å². The first kappa shape index (κ1) is 7.73. The molecule has 0 saturated heterocycles. The Bertz CT molecular complexity index is 387. The van der Waals surface area contributed by atoms with Gasteiger partial charge in [0.25, 0.3) is 0 Å². The molecule has 64 valence electrons. The molecule has 0 aliphatic rings. The summed E-state index contributed by atoms with van der Waals surface area (Å²) in [5.41, 5.74) is 2.10. The minimum atomic E-state index is 1.00. The van der Waals surface area contributed by atoms with Crippen LogP contribution in [0.1, 0.15) is 5.56 Å². The lowest BCUT2D eigenvalue weighted by molar-refractivity contribution is 0.803. The molecule has 0 spiro atoms. The van der Waals surface area contributed by atoms with Crippen molar-refractivity contribution in [1.82, 2.24) is 15.0 Å². The van der Waals surface area contributed by atoms with Gasteiger partial charge < -0.3 is 0 Å². The number of nitrogens with zero attached hydrogens (tertiary/aromatic N) is 3. The van der Waals surface area contributed by atoms with Crippen molar-refractivity contribution < 1.29 is 0 Å². The molecule has 0 amide bonds. The number of benzene rings is 1. The van der Waals surface area contributed by atoms with Crippen LogP contribution in [-0.4, -0.2) is 15.0 Å². The van der Waals surface area contributed by atoms with E-state index in [2.05, 4.69) is 16.9 Å². The van der Waals surface area contributed by atoms with Crippen molar-refractivity contribution in [1.29, 1.82) is 0 Å². The van der Waals surface area contributed by atoms with Crippen LogP contribution in [0.15, 0.2) is 43.2 Å². The summed E-state index contributed by atoms with van der Waals surface area (Å²) in [6.07, 6.45) is 5.27. The minimum Gasteiger partial charge on any atom is -0.221 e. The third kappa shape index (κ3) is 1.49. The van der Waals surface area contributed by atoms with Crippen LogP contribution in [0.2, 0.25) is 0 Å². The molecular formula is C10H9N3. The second kappa shape index (κ2) is 3.23. The van der Waals surface area contributed by atoms with Crippen LogP contribution in [-0.2, 0) is 0 Å². The van der Waals surface area contributed by atoms with Crippen molar-refractivity contribution in [2.24, 2.45) is 0 Å². The summed E-state index contributed by atoms with van der Waals surface area (Å²) in [4.78, 5) is 0. The molecule has 2 rings (SSSR count). The lowest BCUT2D eigenvalue weighted by atomic mass is 10.2. The summed E-state index contributed by atoms with van der Waals surface area (Å²) in [5, 5.41) is 7.62. The van der Waals surface area contributed by atoms with Gasteiger partial charge in [0.1, 0.15) is 0 Å². The summed E-state index contributed by atoms with van der Waals surface area (Å²) >= 11 is 0. The van der Waals surface area contributed by atoms with E-state index in [4.69, 9.17) is 0 Å². The Morgan fingerprint density at radius 1 is 1.23 bits per heavy atom. The number of hydrogen-bond acceptors (Lipinski definition) is 2. The van der Waals surface area contributed by atoms with Crippen LogP contribution >= 0.6 is 0 Å². The fraction of sp³-hybridized carbons (Fsp3) is 0. The number of rotatable bonds is 2. The van der Waals surface area contributed by atoms with Gasteiger partial charge in [-0.25, -0.2) is 4.68 Å². The predicted octanol–water partition coefficient (Wildman–Crippen LogP) is 1.91. The van der Waals surface area contributed by atoms with Gasteiger partial charge in [0.05, 0.1) is 18.1 Å². The largest absolute Gasteiger partial charge is 0.221 e. The summed E-state index contributed by atoms with van der Waals surface area (Å²) in [5.74, 6) is 0. The third-order valence-electron chi connectivity index (χ3n) is 1.82. The quantitative estimate of drug-likeness (QED) is 0.691. The van der Waals surface area contributed by atoms with E-state index in [1.165, 1.54) is 0 Å². The molecule has 3 nitrogen and oxygen atoms in total. The second-order valence-electron chi connectivity index (χ2n) is 2.64. The molecule has 3 heteroatoms. The highest BCUT2D eigenvalue weighted by Crippen LogP contribution is 2.08. The first-order chi connectivity index (χ1) is 6.40. The van der Waals surface area contributed by atoms with Gasteiger partial charge in [-0.15, -0.1) is 5.10 Å². The normalized spacial score (nSPS) is 9.85. The van der Waals surface area contributed by atoms with Crippen molar-refractivity contribution >= 4 is 6.08 Å². The van der Waals surface area contributed by atoms with E-state index in [-0.39, 0.29) is 0 Å². The molecule has 0 atom stereocenters. The average molecular weight is 171 g/mol. The Kier molecular flexibility index (Phi) is 1.92. The maximum absolute atomic E-state index is 3.88. The molecule has 1 aromatic heterocycles. The Labute approximate surface area is 76.3 Å². The molecule has 0 N–H and O–H groups in total. The van der Waals surface area contributed by atoms with Gasteiger partial charge in [0.2, 0.25) is 0 Å². The fourth-order valence-electron chi connectivity index (χ4n) is 1.11. The van der Waals surface area contributed by atoms with E-state index in [1.807, 2.05) is 36.5 Å². The van der Waals surface area contributed by atoms with Crippen molar-refractivity contribution in [2.75, 3.05) is 0 Å². The molecular weight excluding hydrogens is 162 g/mol. The van der Waals surface area contributed by atoms with Crippen molar-refractivity contribution in [2.45, 2.75) is 0 Å². The van der Waals surface area contributed by atoms with E-state index in [0.29, 0.717) is 0 Å². The molecule has 0 unspecified atom stereocenters. The van der Waals surface area contributed by atoms with E-state index in [9.17, 15) is 0 Å². The highest BCUT2D eigenvalue weighted by molar-refractivity contribution is 5.49. The third-order valence-corrected chi connectivity index (χ3v) is 1.82. The zero-order chi connectivity index (χ0) is 9.10. The number of hydrogen-bond donors (Lipinski definition) is 0. The molecule has 13 heavy (non-hydrogen) atoms. The van der Waals surface area contributed by atoms with E-state index >= 15 is 0 Å². The van der Waals surface area contributed by atoms with Gasteiger partial charge >= 0.3 is 0 Å². The monoisotopic (exact) mass is 171 g/mol. The smallest absolute Gasteiger partial charge is 0.0697 e. The maximum Gasteiger partial charge on any atom is 0.0697 e. The predicted molar refractivity (Wildman–Crippen MR) is 51.5 cm³/mol. The van der Waals surface area contributed by atoms with Gasteiger partial charge in [-0.2, -0.15) is 0 Å². The molecule has 1 aromatic carbocycles. The molecule has 0 aliphatic carbocycles. The molecule has 0 saturated carbocycles. The van der Waals surface area contributed by atoms with Crippen LogP contribution < -0.4 is 0 Å². The first-order valence-electron chi connectivity index (χ1n) is 3.99. The second-order valence-corrected chi connectivity index (χ2v) is 2.64. The zero-order valence-corrected chi connectivity index (χ0v) is 7.09. The summed E-state index contributed by atoms with van der Waals surface area (Å²) < 4.78 is 1.72. The van der Waals surface area contributed by atoms with Crippen molar-refractivity contribution in [3.8, 4) is 5.69 Å². The van der Waals surface area contributed by atoms with Crippen molar-refractivity contribution in [3.05, 3.63) is 48.8 Å². The SMILES string of the molecule is C=Cc1ccc(-n2ccnn2)cc1. The lowest BCUT2D eigenvalue weighted by Crippen LogP contribution is -1.94. The molecule has 0 bridgehead atoms. The lowest BCUT2D eigenvalue weighted by Gasteiger charge is -1.99. The minimum absolute atomic E-state index is 1.00. The summed E-state index contributed by atoms with van der Waals surface area (Å²) in [6, 6.07) is 7.94. The molecule has 2 aromatic rings. The zero-order valence-electron chi connectivity index (χ0n) is 7.09. The van der Waals surface area contributed by atoms with Gasteiger partial charge in [0.15, 0.2) is 0 Å². The summed E-state index contributed by atoms with van der Waals surface area (Å²) in [6.45, 7) is 3.69. The topological polar surface area (TPSA) is 30.7 Å². The van der Waals surface area contributed by atoms with Gasteiger partial charge in [-0.1, -0.05) is 30.0 Å². The average Bonchev–Trinajstić information content (AvgIpc) is 2.71. The highest BCUT2D eigenvalue weighted by atomic mass is 15.4. The Morgan fingerprint density at radius 2 is 2.00 bits per heavy atom. The Balaban J connectivity index is 2.38. The molecule has 0 fully saturated rings. The molecule has 0 aliphatic heterocycles. The fourth-order valence-corrected chi connectivity index (χ4v) is 1.11. The Hall–Kier alpha value is -1.90. The van der Waals surface area contributed by atoms with Crippen LogP contribution in [0.4, 0.5) is 0 Å². The van der Waals surface area contributed by atoms with Crippen LogP contribution in [0, 0.1) is 0 Å². The molecule has 1 heterocycles. The van der Waals surface area contributed by atoms with E-state index < -0.39 is 0 Å².